The van der Waals surface area contributed by atoms with Gasteiger partial charge in [0.05, 0.1) is 0 Å². The summed E-state index contributed by atoms with van der Waals surface area (Å²) in [5.74, 6) is 0. The smallest absolute Gasteiger partial charge is 0.207 e. The fraction of sp³-hybridized carbons (Fsp3) is 0.400. The Hall–Kier alpha value is -1.38. The Morgan fingerprint density at radius 2 is 2.08 bits per heavy atom. The van der Waals surface area contributed by atoms with Crippen LogP contribution in [0.25, 0.3) is 0 Å². The second kappa shape index (κ2) is 4.03. The summed E-state index contributed by atoms with van der Waals surface area (Å²) in [4.78, 5) is 9.90. The second-order valence-corrected chi connectivity index (χ2v) is 3.17. The van der Waals surface area contributed by atoms with Crippen molar-refractivity contribution in [2.24, 2.45) is 0 Å². The quantitative estimate of drug-likeness (QED) is 0.527. The van der Waals surface area contributed by atoms with Gasteiger partial charge in [0, 0.05) is 11.3 Å². The van der Waals surface area contributed by atoms with Gasteiger partial charge in [0.25, 0.3) is 0 Å². The Morgan fingerprint density at radius 1 is 1.38 bits per heavy atom. The molecule has 13 heavy (non-hydrogen) atoms. The number of rotatable bonds is 3. The highest BCUT2D eigenvalue weighted by molar-refractivity contribution is 5.33. The minimum Gasteiger partial charge on any atom is -0.265 e. The van der Waals surface area contributed by atoms with Crippen LogP contribution in [-0.4, -0.2) is 11.5 Å². The molecule has 1 aromatic carbocycles. The average molecular weight is 179 g/mol. The first kappa shape index (κ1) is 9.71. The molecular formula is C10H13NO2. The summed E-state index contributed by atoms with van der Waals surface area (Å²) in [7, 11) is 0. The van der Waals surface area contributed by atoms with E-state index in [4.69, 9.17) is 0 Å². The third-order valence-corrected chi connectivity index (χ3v) is 2.28. The van der Waals surface area contributed by atoms with Gasteiger partial charge in [0.15, 0.2) is 0 Å². The van der Waals surface area contributed by atoms with Gasteiger partial charge in [-0.1, -0.05) is 18.2 Å². The topological polar surface area (TPSA) is 43.1 Å². The highest BCUT2D eigenvalue weighted by atomic mass is 16.6. The Balaban J connectivity index is 2.77. The summed E-state index contributed by atoms with van der Waals surface area (Å²) >= 11 is 0. The third-order valence-electron chi connectivity index (χ3n) is 2.28. The fourth-order valence-electron chi connectivity index (χ4n) is 1.29. The summed E-state index contributed by atoms with van der Waals surface area (Å²) in [6, 6.07) is 5.91. The maximum Gasteiger partial charge on any atom is 0.207 e. The van der Waals surface area contributed by atoms with Crippen LogP contribution < -0.4 is 0 Å². The molecule has 0 N–H and O–H groups in total. The molecule has 0 saturated heterocycles. The van der Waals surface area contributed by atoms with E-state index in [1.165, 1.54) is 11.1 Å². The molecule has 0 aliphatic heterocycles. The van der Waals surface area contributed by atoms with Crippen LogP contribution in [0.1, 0.15) is 16.7 Å². The molecule has 1 aromatic rings. The minimum atomic E-state index is -0.276. The normalized spacial score (nSPS) is 10.0. The van der Waals surface area contributed by atoms with Crippen molar-refractivity contribution in [3.8, 4) is 0 Å². The number of benzene rings is 1. The molecule has 70 valence electrons. The van der Waals surface area contributed by atoms with Crippen LogP contribution in [0.2, 0.25) is 0 Å². The van der Waals surface area contributed by atoms with Crippen LogP contribution in [0.5, 0.6) is 0 Å². The summed E-state index contributed by atoms with van der Waals surface area (Å²) in [5.41, 5.74) is 3.45. The summed E-state index contributed by atoms with van der Waals surface area (Å²) < 4.78 is 0. The SMILES string of the molecule is Cc1cccc(CC[N+](=O)[O-])c1C. The van der Waals surface area contributed by atoms with E-state index in [2.05, 4.69) is 0 Å². The molecule has 0 fully saturated rings. The molecular weight excluding hydrogens is 166 g/mol. The highest BCUT2D eigenvalue weighted by Crippen LogP contribution is 2.12. The average Bonchev–Trinajstić information content (AvgIpc) is 2.07. The van der Waals surface area contributed by atoms with Crippen LogP contribution in [0.4, 0.5) is 0 Å². The fourth-order valence-corrected chi connectivity index (χ4v) is 1.29. The first-order chi connectivity index (χ1) is 6.11. The van der Waals surface area contributed by atoms with Crippen molar-refractivity contribution >= 4 is 0 Å². The molecule has 0 radical (unpaired) electrons. The molecule has 0 aliphatic rings. The predicted molar refractivity (Wildman–Crippen MR) is 51.5 cm³/mol. The Bertz CT molecular complexity index is 321. The second-order valence-electron chi connectivity index (χ2n) is 3.17. The molecule has 0 atom stereocenters. The van der Waals surface area contributed by atoms with Gasteiger partial charge < -0.3 is 0 Å². The minimum absolute atomic E-state index is 0.0181. The Labute approximate surface area is 77.5 Å². The van der Waals surface area contributed by atoms with E-state index < -0.39 is 0 Å². The molecule has 0 aliphatic carbocycles. The molecule has 3 nitrogen and oxygen atoms in total. The van der Waals surface area contributed by atoms with Crippen LogP contribution in [0.15, 0.2) is 18.2 Å². The summed E-state index contributed by atoms with van der Waals surface area (Å²) in [5, 5.41) is 10.2. The molecule has 0 unspecified atom stereocenters. The monoisotopic (exact) mass is 179 g/mol. The Kier molecular flexibility index (Phi) is 3.01. The molecule has 1 rings (SSSR count). The first-order valence-corrected chi connectivity index (χ1v) is 4.28. The molecule has 0 aromatic heterocycles. The molecule has 3 heteroatoms. The van der Waals surface area contributed by atoms with Crippen molar-refractivity contribution in [3.05, 3.63) is 45.0 Å². The zero-order valence-electron chi connectivity index (χ0n) is 7.91. The van der Waals surface area contributed by atoms with Gasteiger partial charge in [0.2, 0.25) is 6.54 Å². The molecule has 0 saturated carbocycles. The lowest BCUT2D eigenvalue weighted by Gasteiger charge is -2.05. The van der Waals surface area contributed by atoms with Crippen LogP contribution in [-0.2, 0) is 6.42 Å². The van der Waals surface area contributed by atoms with E-state index in [9.17, 15) is 10.1 Å². The summed E-state index contributed by atoms with van der Waals surface area (Å²) in [6.45, 7) is 4.04. The number of hydrogen-bond donors (Lipinski definition) is 0. The number of hydrogen-bond acceptors (Lipinski definition) is 2. The van der Waals surface area contributed by atoms with E-state index in [1.807, 2.05) is 32.0 Å². The number of nitrogens with zero attached hydrogens (tertiary/aromatic N) is 1. The van der Waals surface area contributed by atoms with Crippen molar-refractivity contribution in [1.29, 1.82) is 0 Å². The molecule has 0 amide bonds. The van der Waals surface area contributed by atoms with Gasteiger partial charge in [-0.25, -0.2) is 0 Å². The van der Waals surface area contributed by atoms with E-state index in [-0.39, 0.29) is 11.5 Å². The van der Waals surface area contributed by atoms with Gasteiger partial charge in [-0.2, -0.15) is 0 Å². The zero-order chi connectivity index (χ0) is 9.84. The van der Waals surface area contributed by atoms with Crippen molar-refractivity contribution in [2.45, 2.75) is 20.3 Å². The van der Waals surface area contributed by atoms with E-state index in [1.54, 1.807) is 0 Å². The van der Waals surface area contributed by atoms with Gasteiger partial charge in [-0.05, 0) is 30.5 Å². The van der Waals surface area contributed by atoms with Gasteiger partial charge in [-0.3, -0.25) is 10.1 Å². The van der Waals surface area contributed by atoms with E-state index in [0.717, 1.165) is 5.56 Å². The lowest BCUT2D eigenvalue weighted by atomic mass is 10.0. The van der Waals surface area contributed by atoms with Gasteiger partial charge >= 0.3 is 0 Å². The van der Waals surface area contributed by atoms with Crippen LogP contribution in [0.3, 0.4) is 0 Å². The first-order valence-electron chi connectivity index (χ1n) is 4.28. The maximum atomic E-state index is 10.2. The van der Waals surface area contributed by atoms with Crippen LogP contribution >= 0.6 is 0 Å². The zero-order valence-corrected chi connectivity index (χ0v) is 7.91. The molecule has 0 bridgehead atoms. The highest BCUT2D eigenvalue weighted by Gasteiger charge is 2.03. The number of nitro groups is 1. The van der Waals surface area contributed by atoms with Crippen molar-refractivity contribution in [1.82, 2.24) is 0 Å². The predicted octanol–water partition coefficient (Wildman–Crippen LogP) is 2.12. The maximum absolute atomic E-state index is 10.2. The van der Waals surface area contributed by atoms with Gasteiger partial charge in [-0.15, -0.1) is 0 Å². The number of aryl methyl sites for hydroxylation is 1. The van der Waals surface area contributed by atoms with Crippen molar-refractivity contribution in [2.75, 3.05) is 6.54 Å². The molecule has 0 heterocycles. The van der Waals surface area contributed by atoms with Crippen molar-refractivity contribution < 1.29 is 4.92 Å². The van der Waals surface area contributed by atoms with E-state index >= 15 is 0 Å². The summed E-state index contributed by atoms with van der Waals surface area (Å²) in [6.07, 6.45) is 0.528. The lowest BCUT2D eigenvalue weighted by molar-refractivity contribution is -0.479. The van der Waals surface area contributed by atoms with E-state index in [0.29, 0.717) is 6.42 Å². The molecule has 0 spiro atoms. The van der Waals surface area contributed by atoms with Crippen LogP contribution in [0, 0.1) is 24.0 Å². The lowest BCUT2D eigenvalue weighted by Crippen LogP contribution is -2.05. The van der Waals surface area contributed by atoms with Crippen molar-refractivity contribution in [3.63, 3.8) is 0 Å². The third kappa shape index (κ3) is 2.54. The Morgan fingerprint density at radius 3 is 2.69 bits per heavy atom. The largest absolute Gasteiger partial charge is 0.265 e. The standard InChI is InChI=1S/C10H13NO2/c1-8-4-3-5-10(9(8)2)6-7-11(12)13/h3-5H,6-7H2,1-2H3. The van der Waals surface area contributed by atoms with Gasteiger partial charge in [0.1, 0.15) is 0 Å².